The second-order valence-electron chi connectivity index (χ2n) is 9.26. The van der Waals surface area contributed by atoms with E-state index in [9.17, 15) is 0 Å². The topological polar surface area (TPSA) is 97.3 Å². The number of ether oxygens (including phenoxy) is 1. The van der Waals surface area contributed by atoms with Crippen LogP contribution < -0.4 is 5.73 Å². The summed E-state index contributed by atoms with van der Waals surface area (Å²) in [5.74, 6) is 0.864. The molecule has 0 bridgehead atoms. The first-order valence-corrected chi connectivity index (χ1v) is 15.2. The molecular formula is C21H32N5O3PS3. The molecule has 4 heterocycles. The van der Waals surface area contributed by atoms with Gasteiger partial charge < -0.3 is 19.5 Å². The van der Waals surface area contributed by atoms with E-state index in [4.69, 9.17) is 31.3 Å². The molecule has 12 heteroatoms. The Balaban J connectivity index is 0.00000259. The molecule has 1 aliphatic carbocycles. The maximum Gasteiger partial charge on any atom is 0.248 e. The summed E-state index contributed by atoms with van der Waals surface area (Å²) in [7, 11) is 0. The Morgan fingerprint density at radius 1 is 1.42 bits per heavy atom. The van der Waals surface area contributed by atoms with Gasteiger partial charge >= 0.3 is 0 Å². The van der Waals surface area contributed by atoms with Crippen LogP contribution >= 0.6 is 30.6 Å². The van der Waals surface area contributed by atoms with Gasteiger partial charge in [-0.05, 0) is 57.3 Å². The van der Waals surface area contributed by atoms with Gasteiger partial charge in [0.15, 0.2) is 11.5 Å². The quantitative estimate of drug-likeness (QED) is 0.419. The van der Waals surface area contributed by atoms with Crippen molar-refractivity contribution in [3.05, 3.63) is 24.8 Å². The Hall–Kier alpha value is -0.680. The fraction of sp³-hybridized carbons (Fsp3) is 0.667. The van der Waals surface area contributed by atoms with Gasteiger partial charge in [0.1, 0.15) is 18.1 Å². The fourth-order valence-electron chi connectivity index (χ4n) is 5.02. The number of hydrogen-bond donors (Lipinski definition) is 1. The predicted octanol–water partition coefficient (Wildman–Crippen LogP) is 5.10. The van der Waals surface area contributed by atoms with Gasteiger partial charge in [-0.15, -0.1) is 0 Å². The third-order valence-corrected chi connectivity index (χ3v) is 12.8. The molecule has 33 heavy (non-hydrogen) atoms. The van der Waals surface area contributed by atoms with Crippen molar-refractivity contribution >= 4 is 59.4 Å². The van der Waals surface area contributed by atoms with Gasteiger partial charge in [0.25, 0.3) is 0 Å². The van der Waals surface area contributed by atoms with Gasteiger partial charge in [0.2, 0.25) is 5.69 Å². The summed E-state index contributed by atoms with van der Waals surface area (Å²) in [4.78, 5) is 12.8. The lowest BCUT2D eigenvalue weighted by Crippen LogP contribution is -2.39. The Kier molecular flexibility index (Phi) is 7.25. The van der Waals surface area contributed by atoms with Crippen molar-refractivity contribution in [1.29, 1.82) is 0 Å². The van der Waals surface area contributed by atoms with Gasteiger partial charge in [-0.2, -0.15) is 13.5 Å². The molecule has 0 aromatic carbocycles. The van der Waals surface area contributed by atoms with Crippen LogP contribution in [-0.2, 0) is 25.6 Å². The number of nitrogens with two attached hydrogens (primary N) is 1. The Labute approximate surface area is 210 Å². The second kappa shape index (κ2) is 9.41. The minimum atomic E-state index is -2.49. The average molecular weight is 530 g/mol. The summed E-state index contributed by atoms with van der Waals surface area (Å²) in [6, 6.07) is 0. The molecule has 2 aliphatic heterocycles. The molecule has 182 valence electrons. The Morgan fingerprint density at radius 3 is 2.94 bits per heavy atom. The molecule has 2 aromatic heterocycles. The van der Waals surface area contributed by atoms with Gasteiger partial charge in [0, 0.05) is 11.2 Å². The third kappa shape index (κ3) is 4.62. The minimum Gasteiger partial charge on any atom is -0.382 e. The van der Waals surface area contributed by atoms with Crippen LogP contribution in [0.2, 0.25) is 0 Å². The number of allylic oxidation sites excluding steroid dienone is 1. The Bertz CT molecular complexity index is 1100. The van der Waals surface area contributed by atoms with Crippen molar-refractivity contribution in [3.8, 4) is 0 Å². The van der Waals surface area contributed by atoms with Crippen molar-refractivity contribution in [1.82, 2.24) is 19.5 Å². The molecule has 0 unspecified atom stereocenters. The fourth-order valence-corrected chi connectivity index (χ4v) is 12.6. The number of nitrogens with zero attached hydrogens (tertiary/aromatic N) is 4. The van der Waals surface area contributed by atoms with E-state index in [-0.39, 0.29) is 42.8 Å². The number of aromatic nitrogens is 4. The first-order valence-electron chi connectivity index (χ1n) is 11.1. The lowest BCUT2D eigenvalue weighted by atomic mass is 9.77. The zero-order chi connectivity index (χ0) is 22.7. The minimum absolute atomic E-state index is 0. The summed E-state index contributed by atoms with van der Waals surface area (Å²) in [5.41, 5.74) is 5.94. The summed E-state index contributed by atoms with van der Waals surface area (Å²) in [6.07, 6.45) is 7.49. The number of fused-ring (bicyclic) bond motifs is 2. The van der Waals surface area contributed by atoms with E-state index < -0.39 is 5.69 Å². The molecule has 0 radical (unpaired) electrons. The molecule has 5 rings (SSSR count). The van der Waals surface area contributed by atoms with Gasteiger partial charge in [-0.1, -0.05) is 30.5 Å². The summed E-state index contributed by atoms with van der Waals surface area (Å²) >= 11 is 7.78. The van der Waals surface area contributed by atoms with E-state index in [1.807, 2.05) is 4.57 Å². The van der Waals surface area contributed by atoms with Gasteiger partial charge in [-0.25, -0.2) is 15.0 Å². The van der Waals surface area contributed by atoms with Crippen LogP contribution in [0.25, 0.3) is 11.2 Å². The molecule has 3 aliphatic rings. The number of anilines is 1. The number of hydrogen-bond acceptors (Lipinski definition) is 9. The van der Waals surface area contributed by atoms with Crippen LogP contribution in [0.1, 0.15) is 59.1 Å². The van der Waals surface area contributed by atoms with Gasteiger partial charge in [0.05, 0.1) is 24.6 Å². The highest BCUT2D eigenvalue weighted by molar-refractivity contribution is 8.68. The Morgan fingerprint density at radius 2 is 2.21 bits per heavy atom. The van der Waals surface area contributed by atoms with Crippen molar-refractivity contribution in [2.75, 3.05) is 5.73 Å². The van der Waals surface area contributed by atoms with E-state index in [2.05, 4.69) is 42.3 Å². The SMILES string of the molecule is C=C(C)[C@H]1CC[C@@]2(C)S[P@@](=S)(O[C@H]3C[C@H](n4cnc5c(N)ncnc54)O[C@@H]3CC)O[C@@H]2C1.S. The van der Waals surface area contributed by atoms with Crippen molar-refractivity contribution in [2.24, 2.45) is 5.92 Å². The highest BCUT2D eigenvalue weighted by Gasteiger charge is 2.54. The standard InChI is InChI=1S/C21H30N5O3PS2.H2S/c1-5-14-15(9-17(27-14)26-11-25-18-19(22)23-10-24-20(18)26)28-30(31)29-16-8-13(12(2)3)6-7-21(16,4)32-30;/h10-11,13-17H,2,5-9H2,1,3-4H3,(H2,22,23,24);1H2/t13-,14+,15-,16+,17+,21+,30-;/m0./s1. The maximum absolute atomic E-state index is 6.61. The molecular weight excluding hydrogens is 497 g/mol. The lowest BCUT2D eigenvalue weighted by molar-refractivity contribution is -0.0151. The normalized spacial score (nSPS) is 38.2. The molecule has 1 saturated carbocycles. The summed E-state index contributed by atoms with van der Waals surface area (Å²) in [6.45, 7) is 10.7. The molecule has 0 spiro atoms. The molecule has 0 amide bonds. The number of imidazole rings is 1. The maximum atomic E-state index is 6.61. The van der Waals surface area contributed by atoms with Crippen molar-refractivity contribution in [3.63, 3.8) is 0 Å². The lowest BCUT2D eigenvalue weighted by Gasteiger charge is -2.37. The van der Waals surface area contributed by atoms with Crippen molar-refractivity contribution in [2.45, 2.75) is 82.2 Å². The highest BCUT2D eigenvalue weighted by Crippen LogP contribution is 2.76. The third-order valence-electron chi connectivity index (χ3n) is 6.99. The monoisotopic (exact) mass is 529 g/mol. The van der Waals surface area contributed by atoms with Crippen LogP contribution in [0.15, 0.2) is 24.8 Å². The van der Waals surface area contributed by atoms with Crippen LogP contribution in [0.4, 0.5) is 5.82 Å². The van der Waals surface area contributed by atoms with E-state index in [0.29, 0.717) is 29.3 Å². The highest BCUT2D eigenvalue weighted by atomic mass is 32.9. The molecule has 3 fully saturated rings. The smallest absolute Gasteiger partial charge is 0.248 e. The molecule has 7 atom stereocenters. The van der Waals surface area contributed by atoms with Gasteiger partial charge in [-0.3, -0.25) is 4.57 Å². The van der Waals surface area contributed by atoms with Crippen LogP contribution in [-0.4, -0.2) is 42.6 Å². The first-order chi connectivity index (χ1) is 15.2. The largest absolute Gasteiger partial charge is 0.382 e. The van der Waals surface area contributed by atoms with Crippen LogP contribution in [0.3, 0.4) is 0 Å². The van der Waals surface area contributed by atoms with E-state index in [1.54, 1.807) is 17.7 Å². The molecule has 2 N–H and O–H groups in total. The van der Waals surface area contributed by atoms with Crippen LogP contribution in [0, 0.1) is 5.92 Å². The van der Waals surface area contributed by atoms with E-state index >= 15 is 0 Å². The average Bonchev–Trinajstić information content (AvgIpc) is 3.40. The van der Waals surface area contributed by atoms with E-state index in [1.165, 1.54) is 11.9 Å². The summed E-state index contributed by atoms with van der Waals surface area (Å²) in [5, 5.41) is 0. The molecule has 2 aromatic rings. The van der Waals surface area contributed by atoms with Crippen LogP contribution in [0.5, 0.6) is 0 Å². The second-order valence-corrected chi connectivity index (χ2v) is 15.8. The number of rotatable bonds is 5. The predicted molar refractivity (Wildman–Crippen MR) is 141 cm³/mol. The zero-order valence-electron chi connectivity index (χ0n) is 19.1. The first kappa shape index (κ1) is 25.4. The van der Waals surface area contributed by atoms with Crippen molar-refractivity contribution < 1.29 is 13.8 Å². The molecule has 8 nitrogen and oxygen atoms in total. The molecule has 2 saturated heterocycles. The summed E-state index contributed by atoms with van der Waals surface area (Å²) < 4.78 is 21.4. The van der Waals surface area contributed by atoms with E-state index in [0.717, 1.165) is 25.7 Å². The number of nitrogen functional groups attached to an aromatic ring is 1. The zero-order valence-corrected chi connectivity index (χ0v) is 22.7.